The van der Waals surface area contributed by atoms with Crippen molar-refractivity contribution in [1.29, 1.82) is 0 Å². The summed E-state index contributed by atoms with van der Waals surface area (Å²) in [4.78, 5) is 0. The van der Waals surface area contributed by atoms with E-state index >= 15 is 0 Å². The van der Waals surface area contributed by atoms with E-state index in [-0.39, 0.29) is 6.79 Å². The van der Waals surface area contributed by atoms with Gasteiger partial charge in [-0.15, -0.1) is 0 Å². The highest BCUT2D eigenvalue weighted by Gasteiger charge is 2.23. The summed E-state index contributed by atoms with van der Waals surface area (Å²) in [6.45, 7) is 3.77. The zero-order valence-electron chi connectivity index (χ0n) is 8.00. The summed E-state index contributed by atoms with van der Waals surface area (Å²) >= 11 is 5.97. The van der Waals surface area contributed by atoms with E-state index in [1.807, 2.05) is 6.92 Å². The molecule has 1 unspecified atom stereocenters. The van der Waals surface area contributed by atoms with Gasteiger partial charge in [0, 0.05) is 5.56 Å². The van der Waals surface area contributed by atoms with Gasteiger partial charge in [0.25, 0.3) is 0 Å². The van der Waals surface area contributed by atoms with Crippen molar-refractivity contribution in [2.24, 2.45) is 0 Å². The van der Waals surface area contributed by atoms with Gasteiger partial charge in [-0.25, -0.2) is 0 Å². The molecule has 0 saturated heterocycles. The van der Waals surface area contributed by atoms with Crippen molar-refractivity contribution >= 4 is 11.6 Å². The molecule has 0 radical (unpaired) electrons. The molecule has 1 aromatic carbocycles. The third-order valence-corrected chi connectivity index (χ3v) is 2.62. The van der Waals surface area contributed by atoms with Crippen LogP contribution in [0.4, 0.5) is 0 Å². The molecule has 1 aliphatic rings. The molecule has 0 amide bonds. The molecule has 0 spiro atoms. The Labute approximate surface area is 87.2 Å². The van der Waals surface area contributed by atoms with Gasteiger partial charge in [-0.05, 0) is 25.5 Å². The molecule has 1 atom stereocenters. The van der Waals surface area contributed by atoms with Gasteiger partial charge < -0.3 is 14.6 Å². The number of hydrogen-bond donors (Lipinski definition) is 1. The fourth-order valence-electron chi connectivity index (χ4n) is 1.61. The second kappa shape index (κ2) is 3.33. The van der Waals surface area contributed by atoms with Gasteiger partial charge >= 0.3 is 0 Å². The van der Waals surface area contributed by atoms with Crippen LogP contribution in [0, 0.1) is 6.92 Å². The minimum atomic E-state index is -0.554. The average Bonchev–Trinajstić information content (AvgIpc) is 2.59. The van der Waals surface area contributed by atoms with E-state index in [1.54, 1.807) is 13.0 Å². The quantitative estimate of drug-likeness (QED) is 0.781. The van der Waals surface area contributed by atoms with Crippen LogP contribution in [0.15, 0.2) is 6.07 Å². The van der Waals surface area contributed by atoms with Crippen LogP contribution >= 0.6 is 11.6 Å². The molecule has 76 valence electrons. The molecule has 0 fully saturated rings. The smallest absolute Gasteiger partial charge is 0.231 e. The maximum Gasteiger partial charge on any atom is 0.231 e. The molecule has 3 nitrogen and oxygen atoms in total. The molecule has 1 N–H and O–H groups in total. The summed E-state index contributed by atoms with van der Waals surface area (Å²) in [6, 6.07) is 1.72. The second-order valence-corrected chi connectivity index (χ2v) is 3.72. The highest BCUT2D eigenvalue weighted by molar-refractivity contribution is 6.32. The van der Waals surface area contributed by atoms with Crippen LogP contribution in [0.1, 0.15) is 24.2 Å². The Bertz CT molecular complexity index is 374. The number of fused-ring (bicyclic) bond motifs is 1. The molecule has 1 aliphatic heterocycles. The predicted molar refractivity (Wildman–Crippen MR) is 52.9 cm³/mol. The SMILES string of the molecule is Cc1c(C(C)O)cc(Cl)c2c1OCO2. The van der Waals surface area contributed by atoms with Crippen molar-refractivity contribution in [1.82, 2.24) is 0 Å². The number of hydrogen-bond acceptors (Lipinski definition) is 3. The van der Waals surface area contributed by atoms with Gasteiger partial charge in [0.05, 0.1) is 11.1 Å². The van der Waals surface area contributed by atoms with Crippen molar-refractivity contribution in [3.05, 3.63) is 22.2 Å². The molecule has 2 rings (SSSR count). The lowest BCUT2D eigenvalue weighted by Crippen LogP contribution is -1.97. The third-order valence-electron chi connectivity index (χ3n) is 2.34. The lowest BCUT2D eigenvalue weighted by molar-refractivity contribution is 0.172. The monoisotopic (exact) mass is 214 g/mol. The van der Waals surface area contributed by atoms with Gasteiger partial charge in [0.15, 0.2) is 11.5 Å². The zero-order valence-corrected chi connectivity index (χ0v) is 8.76. The van der Waals surface area contributed by atoms with Gasteiger partial charge in [0.2, 0.25) is 6.79 Å². The molecule has 1 heterocycles. The summed E-state index contributed by atoms with van der Waals surface area (Å²) in [6.07, 6.45) is -0.554. The van der Waals surface area contributed by atoms with E-state index < -0.39 is 6.10 Å². The molecular weight excluding hydrogens is 204 g/mol. The first kappa shape index (κ1) is 9.62. The molecule has 4 heteroatoms. The van der Waals surface area contributed by atoms with Gasteiger partial charge in [-0.1, -0.05) is 11.6 Å². The van der Waals surface area contributed by atoms with Crippen LogP contribution in [0.3, 0.4) is 0 Å². The lowest BCUT2D eigenvalue weighted by atomic mass is 10.0. The molecule has 14 heavy (non-hydrogen) atoms. The van der Waals surface area contributed by atoms with Crippen LogP contribution in [0.2, 0.25) is 5.02 Å². The Morgan fingerprint density at radius 1 is 1.43 bits per heavy atom. The predicted octanol–water partition coefficient (Wildman–Crippen LogP) is 2.43. The van der Waals surface area contributed by atoms with Gasteiger partial charge in [-0.2, -0.15) is 0 Å². The van der Waals surface area contributed by atoms with Crippen molar-refractivity contribution in [3.63, 3.8) is 0 Å². The molecule has 0 aliphatic carbocycles. The largest absolute Gasteiger partial charge is 0.453 e. The van der Waals surface area contributed by atoms with E-state index in [0.717, 1.165) is 11.1 Å². The minimum absolute atomic E-state index is 0.194. The zero-order chi connectivity index (χ0) is 10.3. The van der Waals surface area contributed by atoms with Crippen molar-refractivity contribution < 1.29 is 14.6 Å². The number of benzene rings is 1. The highest BCUT2D eigenvalue weighted by Crippen LogP contribution is 2.44. The van der Waals surface area contributed by atoms with Gasteiger partial charge in [-0.3, -0.25) is 0 Å². The van der Waals surface area contributed by atoms with Crippen molar-refractivity contribution in [2.75, 3.05) is 6.79 Å². The first-order valence-electron chi connectivity index (χ1n) is 4.38. The van der Waals surface area contributed by atoms with Crippen LogP contribution < -0.4 is 9.47 Å². The molecule has 1 aromatic rings. The topological polar surface area (TPSA) is 38.7 Å². The highest BCUT2D eigenvalue weighted by atomic mass is 35.5. The summed E-state index contributed by atoms with van der Waals surface area (Å²) < 4.78 is 10.5. The Balaban J connectivity index is 2.62. The second-order valence-electron chi connectivity index (χ2n) is 3.31. The maximum absolute atomic E-state index is 9.51. The Morgan fingerprint density at radius 2 is 2.07 bits per heavy atom. The Kier molecular flexibility index (Phi) is 2.29. The fraction of sp³-hybridized carbons (Fsp3) is 0.400. The third kappa shape index (κ3) is 1.33. The van der Waals surface area contributed by atoms with Gasteiger partial charge in [0.1, 0.15) is 0 Å². The van der Waals surface area contributed by atoms with Crippen LogP contribution in [0.5, 0.6) is 11.5 Å². The summed E-state index contributed by atoms with van der Waals surface area (Å²) in [5.41, 5.74) is 1.66. The van der Waals surface area contributed by atoms with Crippen molar-refractivity contribution in [3.8, 4) is 11.5 Å². The first-order chi connectivity index (χ1) is 6.61. The van der Waals surface area contributed by atoms with Crippen LogP contribution in [-0.4, -0.2) is 11.9 Å². The maximum atomic E-state index is 9.51. The first-order valence-corrected chi connectivity index (χ1v) is 4.75. The number of halogens is 1. The number of aliphatic hydroxyl groups excluding tert-OH is 1. The Morgan fingerprint density at radius 3 is 2.71 bits per heavy atom. The number of aliphatic hydroxyl groups is 1. The molecular formula is C10H11ClO3. The standard InChI is InChI=1S/C10H11ClO3/c1-5-7(6(2)12)3-8(11)10-9(5)13-4-14-10/h3,6,12H,4H2,1-2H3. The van der Waals surface area contributed by atoms with E-state index in [2.05, 4.69) is 0 Å². The van der Waals surface area contributed by atoms with E-state index in [4.69, 9.17) is 21.1 Å². The normalized spacial score (nSPS) is 15.7. The molecule has 0 bridgehead atoms. The Hall–Kier alpha value is -0.930. The van der Waals surface area contributed by atoms with E-state index in [9.17, 15) is 5.11 Å². The lowest BCUT2D eigenvalue weighted by Gasteiger charge is -2.11. The summed E-state index contributed by atoms with van der Waals surface area (Å²) in [5, 5.41) is 9.99. The number of rotatable bonds is 1. The van der Waals surface area contributed by atoms with Crippen LogP contribution in [-0.2, 0) is 0 Å². The van der Waals surface area contributed by atoms with Crippen LogP contribution in [0.25, 0.3) is 0 Å². The molecule has 0 saturated carbocycles. The minimum Gasteiger partial charge on any atom is -0.453 e. The fourth-order valence-corrected chi connectivity index (χ4v) is 1.87. The summed E-state index contributed by atoms with van der Waals surface area (Å²) in [7, 11) is 0. The van der Waals surface area contributed by atoms with E-state index in [0.29, 0.717) is 16.5 Å². The summed E-state index contributed by atoms with van der Waals surface area (Å²) in [5.74, 6) is 1.22. The number of ether oxygens (including phenoxy) is 2. The average molecular weight is 215 g/mol. The van der Waals surface area contributed by atoms with E-state index in [1.165, 1.54) is 0 Å². The molecule has 0 aromatic heterocycles. The van der Waals surface area contributed by atoms with Crippen molar-refractivity contribution in [2.45, 2.75) is 20.0 Å².